The van der Waals surface area contributed by atoms with E-state index < -0.39 is 0 Å². The Morgan fingerprint density at radius 2 is 1.46 bits per heavy atom. The maximum atomic E-state index is 5.84. The first kappa shape index (κ1) is 16.7. The van der Waals surface area contributed by atoms with E-state index in [-0.39, 0.29) is 18.2 Å². The van der Waals surface area contributed by atoms with Crippen LogP contribution in [0.4, 0.5) is 0 Å². The zero-order chi connectivity index (χ0) is 19.1. The monoisotopic (exact) mass is 377 g/mol. The molecular formula is C21H19N3O4. The molecule has 7 heteroatoms. The van der Waals surface area contributed by atoms with Gasteiger partial charge >= 0.3 is 0 Å². The zero-order valence-corrected chi connectivity index (χ0v) is 15.5. The lowest BCUT2D eigenvalue weighted by atomic mass is 9.88. The largest absolute Gasteiger partial charge is 0.497 e. The Hall–Kier alpha value is -3.48. The maximum Gasteiger partial charge on any atom is 0.217 e. The number of rotatable bonds is 4. The molecule has 5 rings (SSSR count). The van der Waals surface area contributed by atoms with Crippen molar-refractivity contribution in [2.45, 2.75) is 12.3 Å². The predicted molar refractivity (Wildman–Crippen MR) is 103 cm³/mol. The fraction of sp³-hybridized carbons (Fsp3) is 0.238. The van der Waals surface area contributed by atoms with Crippen LogP contribution in [-0.4, -0.2) is 43.0 Å². The minimum Gasteiger partial charge on any atom is -0.497 e. The van der Waals surface area contributed by atoms with E-state index in [0.29, 0.717) is 0 Å². The normalized spacial score (nSPS) is 24.5. The first-order valence-corrected chi connectivity index (χ1v) is 9.01. The van der Waals surface area contributed by atoms with Crippen molar-refractivity contribution in [2.75, 3.05) is 14.2 Å². The summed E-state index contributed by atoms with van der Waals surface area (Å²) in [7, 11) is 3.30. The molecule has 3 aliphatic rings. The summed E-state index contributed by atoms with van der Waals surface area (Å²) in [6.45, 7) is 0. The molecular weight excluding hydrogens is 358 g/mol. The lowest BCUT2D eigenvalue weighted by molar-refractivity contribution is -0.0385. The molecule has 2 aromatic carbocycles. The Morgan fingerprint density at radius 1 is 0.821 bits per heavy atom. The maximum absolute atomic E-state index is 5.84. The van der Waals surface area contributed by atoms with Crippen molar-refractivity contribution in [1.29, 1.82) is 0 Å². The van der Waals surface area contributed by atoms with Crippen molar-refractivity contribution < 1.29 is 19.1 Å². The molecule has 3 heterocycles. The van der Waals surface area contributed by atoms with Gasteiger partial charge in [0.25, 0.3) is 0 Å². The average Bonchev–Trinajstić information content (AvgIpc) is 3.38. The van der Waals surface area contributed by atoms with Crippen molar-refractivity contribution >= 4 is 11.5 Å². The van der Waals surface area contributed by atoms with Crippen molar-refractivity contribution in [3.63, 3.8) is 0 Å². The number of ether oxygens (including phenoxy) is 2. The number of benzene rings is 2. The number of methoxy groups -OCH3 is 2. The standard InChI is InChI=1S/C21H19N3O4/c1-25-15-7-3-13(4-8-15)19-18-17(27-22-19)11-12-24-20(23-28-21(18)24)14-5-9-16(26-2)10-6-14/h3-12,17-18,21H,1-2H3/t17-,18-,21-/m0/s1. The summed E-state index contributed by atoms with van der Waals surface area (Å²) >= 11 is 0. The summed E-state index contributed by atoms with van der Waals surface area (Å²) in [4.78, 5) is 13.5. The molecule has 0 radical (unpaired) electrons. The number of nitrogens with zero attached hydrogens (tertiary/aromatic N) is 3. The summed E-state index contributed by atoms with van der Waals surface area (Å²) < 4.78 is 10.5. The molecule has 28 heavy (non-hydrogen) atoms. The fourth-order valence-electron chi connectivity index (χ4n) is 3.69. The van der Waals surface area contributed by atoms with Crippen LogP contribution >= 0.6 is 0 Å². The molecule has 0 saturated heterocycles. The molecule has 0 aromatic heterocycles. The van der Waals surface area contributed by atoms with E-state index in [1.807, 2.05) is 65.7 Å². The molecule has 0 fully saturated rings. The number of hydrogen-bond acceptors (Lipinski definition) is 7. The van der Waals surface area contributed by atoms with Gasteiger partial charge in [-0.05, 0) is 54.6 Å². The molecule has 2 aromatic rings. The fourth-order valence-corrected chi connectivity index (χ4v) is 3.69. The number of oxime groups is 2. The van der Waals surface area contributed by atoms with Crippen LogP contribution in [0.3, 0.4) is 0 Å². The van der Waals surface area contributed by atoms with E-state index >= 15 is 0 Å². The quantitative estimate of drug-likeness (QED) is 0.820. The van der Waals surface area contributed by atoms with Crippen LogP contribution < -0.4 is 9.47 Å². The van der Waals surface area contributed by atoms with Gasteiger partial charge in [-0.25, -0.2) is 0 Å². The average molecular weight is 377 g/mol. The van der Waals surface area contributed by atoms with E-state index in [4.69, 9.17) is 19.1 Å². The predicted octanol–water partition coefficient (Wildman–Crippen LogP) is 2.97. The summed E-state index contributed by atoms with van der Waals surface area (Å²) in [6.07, 6.45) is 3.46. The Kier molecular flexibility index (Phi) is 3.93. The van der Waals surface area contributed by atoms with Gasteiger partial charge in [-0.3, -0.25) is 4.90 Å². The Balaban J connectivity index is 1.43. The molecule has 0 spiro atoms. The Bertz CT molecular complexity index is 966. The summed E-state index contributed by atoms with van der Waals surface area (Å²) in [5, 5.41) is 8.68. The van der Waals surface area contributed by atoms with Crippen LogP contribution in [0.25, 0.3) is 0 Å². The zero-order valence-electron chi connectivity index (χ0n) is 15.5. The molecule has 142 valence electrons. The highest BCUT2D eigenvalue weighted by Crippen LogP contribution is 2.37. The Labute approximate surface area is 162 Å². The third-order valence-corrected chi connectivity index (χ3v) is 5.19. The second-order valence-electron chi connectivity index (χ2n) is 6.69. The molecule has 0 N–H and O–H groups in total. The van der Waals surface area contributed by atoms with Crippen LogP contribution in [0, 0.1) is 5.92 Å². The van der Waals surface area contributed by atoms with Gasteiger partial charge in [0.15, 0.2) is 11.9 Å². The molecule has 0 amide bonds. The second kappa shape index (κ2) is 6.60. The van der Waals surface area contributed by atoms with Gasteiger partial charge in [-0.15, -0.1) is 0 Å². The van der Waals surface area contributed by atoms with Gasteiger partial charge in [0.2, 0.25) is 6.23 Å². The highest BCUT2D eigenvalue weighted by atomic mass is 16.7. The number of hydrogen-bond donors (Lipinski definition) is 0. The van der Waals surface area contributed by atoms with Crippen molar-refractivity contribution in [3.8, 4) is 11.5 Å². The molecule has 0 unspecified atom stereocenters. The topological polar surface area (TPSA) is 64.9 Å². The van der Waals surface area contributed by atoms with E-state index in [1.54, 1.807) is 14.2 Å². The van der Waals surface area contributed by atoms with E-state index in [9.17, 15) is 0 Å². The highest BCUT2D eigenvalue weighted by Gasteiger charge is 2.49. The van der Waals surface area contributed by atoms with Crippen LogP contribution in [0.1, 0.15) is 11.1 Å². The molecule has 7 nitrogen and oxygen atoms in total. The lowest BCUT2D eigenvalue weighted by Crippen LogP contribution is -2.47. The first-order valence-electron chi connectivity index (χ1n) is 9.01. The molecule has 3 aliphatic heterocycles. The first-order chi connectivity index (χ1) is 13.8. The van der Waals surface area contributed by atoms with Crippen molar-refractivity contribution in [2.24, 2.45) is 16.2 Å². The van der Waals surface area contributed by atoms with Gasteiger partial charge in [0, 0.05) is 17.3 Å². The van der Waals surface area contributed by atoms with Crippen molar-refractivity contribution in [1.82, 2.24) is 4.90 Å². The van der Waals surface area contributed by atoms with Gasteiger partial charge < -0.3 is 19.1 Å². The smallest absolute Gasteiger partial charge is 0.217 e. The molecule has 0 saturated carbocycles. The van der Waals surface area contributed by atoms with Crippen molar-refractivity contribution in [3.05, 3.63) is 71.9 Å². The third kappa shape index (κ3) is 2.58. The van der Waals surface area contributed by atoms with E-state index in [0.717, 1.165) is 34.2 Å². The van der Waals surface area contributed by atoms with E-state index in [2.05, 4.69) is 10.3 Å². The van der Waals surface area contributed by atoms with Crippen LogP contribution in [0.15, 0.2) is 71.1 Å². The van der Waals surface area contributed by atoms with Gasteiger partial charge in [-0.2, -0.15) is 0 Å². The minimum absolute atomic E-state index is 0.0853. The van der Waals surface area contributed by atoms with Crippen LogP contribution in [0.2, 0.25) is 0 Å². The van der Waals surface area contributed by atoms with Gasteiger partial charge in [0.05, 0.1) is 14.2 Å². The van der Waals surface area contributed by atoms with Crippen LogP contribution in [0.5, 0.6) is 11.5 Å². The lowest BCUT2D eigenvalue weighted by Gasteiger charge is -2.32. The van der Waals surface area contributed by atoms with Gasteiger partial charge in [0.1, 0.15) is 23.1 Å². The van der Waals surface area contributed by atoms with E-state index in [1.165, 1.54) is 0 Å². The number of amidine groups is 1. The summed E-state index contributed by atoms with van der Waals surface area (Å²) in [6, 6.07) is 15.5. The molecule has 3 atom stereocenters. The van der Waals surface area contributed by atoms with Crippen LogP contribution in [-0.2, 0) is 9.68 Å². The highest BCUT2D eigenvalue weighted by molar-refractivity contribution is 6.05. The molecule has 0 bridgehead atoms. The summed E-state index contributed by atoms with van der Waals surface area (Å²) in [5.41, 5.74) is 2.77. The SMILES string of the molecule is COc1ccc(C2=NO[C@H]3C=CN4C(c5ccc(OC)cc5)=NO[C@H]4[C@H]23)cc1. The third-order valence-electron chi connectivity index (χ3n) is 5.19. The number of fused-ring (bicyclic) bond motifs is 3. The minimum atomic E-state index is -0.310. The molecule has 0 aliphatic carbocycles. The Morgan fingerprint density at radius 3 is 2.11 bits per heavy atom. The second-order valence-corrected chi connectivity index (χ2v) is 6.69. The summed E-state index contributed by atoms with van der Waals surface area (Å²) in [5.74, 6) is 2.26. The van der Waals surface area contributed by atoms with Gasteiger partial charge in [-0.1, -0.05) is 10.3 Å².